The first-order valence-corrected chi connectivity index (χ1v) is 13.2. The maximum absolute atomic E-state index is 15.8. The van der Waals surface area contributed by atoms with Crippen molar-refractivity contribution in [1.29, 1.82) is 0 Å². The summed E-state index contributed by atoms with van der Waals surface area (Å²) in [7, 11) is -16.1. The lowest BCUT2D eigenvalue weighted by Crippen LogP contribution is -2.78. The van der Waals surface area contributed by atoms with Crippen molar-refractivity contribution in [1.82, 2.24) is 0 Å². The number of hydrogen-bond acceptors (Lipinski definition) is 4. The lowest BCUT2D eigenvalue weighted by molar-refractivity contribution is -0.425. The SMILES string of the molecule is O=S(=O)(c1ccc(F)cc1)C(F)(F)C(F)(F)C(F)(F)C(F)(C(F)(F)C(F)(F)C(F)(F)C(F)(F)F)S(=O)(=O)c1ccc(F)cc1. The number of hydrogen-bond donors (Lipinski definition) is 0. The molecule has 0 bridgehead atoms. The molecule has 0 aliphatic carbocycles. The average molecular weight is 718 g/mol. The lowest BCUT2D eigenvalue weighted by atomic mass is 9.92. The third-order valence-electron chi connectivity index (χ3n) is 5.67. The van der Waals surface area contributed by atoms with Gasteiger partial charge in [-0.3, -0.25) is 0 Å². The van der Waals surface area contributed by atoms with E-state index < -0.39 is 111 Å². The van der Waals surface area contributed by atoms with Gasteiger partial charge in [-0.15, -0.1) is 0 Å². The van der Waals surface area contributed by atoms with Gasteiger partial charge in [0.2, 0.25) is 19.7 Å². The van der Waals surface area contributed by atoms with Crippen LogP contribution in [0.3, 0.4) is 0 Å². The maximum Gasteiger partial charge on any atom is 0.460 e. The summed E-state index contributed by atoms with van der Waals surface area (Å²) in [6, 6.07) is -3.17. The fraction of sp³-hybridized carbons (Fsp3) is 0.400. The van der Waals surface area contributed by atoms with E-state index >= 15 is 13.2 Å². The molecule has 0 saturated heterocycles. The first kappa shape index (κ1) is 37.3. The fourth-order valence-corrected chi connectivity index (χ4v) is 6.21. The first-order chi connectivity index (χ1) is 19.2. The number of alkyl halides is 16. The highest BCUT2D eigenvalue weighted by atomic mass is 32.2. The van der Waals surface area contributed by atoms with Crippen molar-refractivity contribution < 1.29 is 95.9 Å². The van der Waals surface area contributed by atoms with Crippen molar-refractivity contribution >= 4 is 19.7 Å². The summed E-state index contributed by atoms with van der Waals surface area (Å²) in [6.07, 6.45) is -8.05. The van der Waals surface area contributed by atoms with Gasteiger partial charge in [-0.25, -0.2) is 30.0 Å². The summed E-state index contributed by atoms with van der Waals surface area (Å²) in [5.41, 5.74) is 0. The molecule has 4 nitrogen and oxygen atoms in total. The Balaban J connectivity index is 3.13. The summed E-state index contributed by atoms with van der Waals surface area (Å²) >= 11 is 0. The largest absolute Gasteiger partial charge is 0.460 e. The zero-order valence-corrected chi connectivity index (χ0v) is 21.5. The molecule has 2 aromatic carbocycles. The van der Waals surface area contributed by atoms with Gasteiger partial charge in [0.25, 0.3) is 0 Å². The van der Waals surface area contributed by atoms with Gasteiger partial charge in [0.1, 0.15) is 11.6 Å². The first-order valence-electron chi connectivity index (χ1n) is 10.3. The van der Waals surface area contributed by atoms with Crippen LogP contribution in [0.25, 0.3) is 0 Å². The van der Waals surface area contributed by atoms with Crippen LogP contribution < -0.4 is 0 Å². The molecule has 250 valence electrons. The van der Waals surface area contributed by atoms with Crippen LogP contribution in [0.4, 0.5) is 79.0 Å². The quantitative estimate of drug-likeness (QED) is 0.193. The average Bonchev–Trinajstić information content (AvgIpc) is 2.87. The Morgan fingerprint density at radius 1 is 0.386 bits per heavy atom. The standard InChI is InChI=1S/C20H8F18O4S2/c21-9-1-5-11(6-2-9)43(39,40)18(33,14(25,26)13(23,24)16(29,30)19(34,35)36)15(27,28)17(31,32)20(37,38)44(41,42)12-7-3-10(22)4-8-12/h1-8H. The minimum absolute atomic E-state index is 0.133. The molecule has 0 amide bonds. The van der Waals surface area contributed by atoms with E-state index in [2.05, 4.69) is 0 Å². The Hall–Kier alpha value is -2.92. The second-order valence-corrected chi connectivity index (χ2v) is 12.4. The van der Waals surface area contributed by atoms with Crippen LogP contribution in [-0.4, -0.2) is 62.9 Å². The molecule has 0 aliphatic rings. The van der Waals surface area contributed by atoms with Crippen LogP contribution in [0, 0.1) is 11.6 Å². The molecule has 0 saturated carbocycles. The van der Waals surface area contributed by atoms with Crippen LogP contribution >= 0.6 is 0 Å². The maximum atomic E-state index is 15.8. The normalized spacial score (nSPS) is 16.5. The minimum Gasteiger partial charge on any atom is -0.220 e. The predicted octanol–water partition coefficient (Wildman–Crippen LogP) is 7.21. The molecule has 0 radical (unpaired) electrons. The molecule has 0 heterocycles. The van der Waals surface area contributed by atoms with E-state index in [0.29, 0.717) is 0 Å². The van der Waals surface area contributed by atoms with Gasteiger partial charge in [-0.2, -0.15) is 65.9 Å². The van der Waals surface area contributed by atoms with Crippen molar-refractivity contribution in [2.45, 2.75) is 55.8 Å². The lowest BCUT2D eigenvalue weighted by Gasteiger charge is -2.45. The summed E-state index contributed by atoms with van der Waals surface area (Å²) in [6.45, 7) is 0. The molecular formula is C20H8F18O4S2. The van der Waals surface area contributed by atoms with Gasteiger partial charge in [-0.1, -0.05) is 0 Å². The van der Waals surface area contributed by atoms with Crippen LogP contribution in [0.2, 0.25) is 0 Å². The minimum atomic E-state index is -9.05. The highest BCUT2D eigenvalue weighted by molar-refractivity contribution is 7.93. The van der Waals surface area contributed by atoms with E-state index in [1.165, 1.54) is 0 Å². The Labute approximate surface area is 232 Å². The van der Waals surface area contributed by atoms with Crippen molar-refractivity contribution in [2.75, 3.05) is 0 Å². The van der Waals surface area contributed by atoms with Crippen molar-refractivity contribution in [3.05, 3.63) is 60.2 Å². The van der Waals surface area contributed by atoms with E-state index in [0.717, 1.165) is 0 Å². The van der Waals surface area contributed by atoms with Gasteiger partial charge < -0.3 is 0 Å². The van der Waals surface area contributed by atoms with E-state index in [9.17, 15) is 82.7 Å². The topological polar surface area (TPSA) is 68.3 Å². The molecular weight excluding hydrogens is 710 g/mol. The molecule has 44 heavy (non-hydrogen) atoms. The van der Waals surface area contributed by atoms with Gasteiger partial charge >= 0.3 is 46.0 Å². The smallest absolute Gasteiger partial charge is 0.220 e. The fourth-order valence-electron chi connectivity index (χ4n) is 3.20. The molecule has 2 aromatic rings. The van der Waals surface area contributed by atoms with Crippen LogP contribution in [0.5, 0.6) is 0 Å². The van der Waals surface area contributed by atoms with Crippen molar-refractivity contribution in [3.63, 3.8) is 0 Å². The zero-order valence-electron chi connectivity index (χ0n) is 19.9. The Bertz CT molecular complexity index is 1600. The summed E-state index contributed by atoms with van der Waals surface area (Å²) in [4.78, 5) is -5.13. The molecule has 0 N–H and O–H groups in total. The molecule has 1 unspecified atom stereocenters. The molecule has 24 heteroatoms. The van der Waals surface area contributed by atoms with Crippen LogP contribution in [-0.2, 0) is 19.7 Å². The third-order valence-corrected chi connectivity index (χ3v) is 9.64. The monoisotopic (exact) mass is 718 g/mol. The summed E-state index contributed by atoms with van der Waals surface area (Å²) < 4.78 is 303. The number of sulfone groups is 2. The highest BCUT2D eigenvalue weighted by Gasteiger charge is 2.98. The van der Waals surface area contributed by atoms with E-state index in [1.54, 1.807) is 0 Å². The Kier molecular flexibility index (Phi) is 8.73. The molecule has 2 rings (SSSR count). The summed E-state index contributed by atoms with van der Waals surface area (Å²) in [5.74, 6) is -47.2. The third kappa shape index (κ3) is 4.68. The molecule has 0 fully saturated rings. The van der Waals surface area contributed by atoms with Crippen LogP contribution in [0.1, 0.15) is 0 Å². The van der Waals surface area contributed by atoms with E-state index in [-0.39, 0.29) is 24.3 Å². The number of halogens is 18. The number of benzene rings is 2. The highest BCUT2D eigenvalue weighted by Crippen LogP contribution is 2.66. The molecule has 0 aliphatic heterocycles. The van der Waals surface area contributed by atoms with Gasteiger partial charge in [0, 0.05) is 0 Å². The van der Waals surface area contributed by atoms with E-state index in [4.69, 9.17) is 0 Å². The van der Waals surface area contributed by atoms with Crippen LogP contribution in [0.15, 0.2) is 58.3 Å². The van der Waals surface area contributed by atoms with Crippen molar-refractivity contribution in [2.24, 2.45) is 0 Å². The van der Waals surface area contributed by atoms with Crippen molar-refractivity contribution in [3.8, 4) is 0 Å². The van der Waals surface area contributed by atoms with Gasteiger partial charge in [-0.05, 0) is 48.5 Å². The predicted molar refractivity (Wildman–Crippen MR) is 107 cm³/mol. The molecule has 1 atom stereocenters. The zero-order chi connectivity index (χ0) is 35.0. The second-order valence-electron chi connectivity index (χ2n) is 8.40. The van der Waals surface area contributed by atoms with E-state index in [1.807, 2.05) is 0 Å². The molecule has 0 aromatic heterocycles. The Morgan fingerprint density at radius 2 is 0.682 bits per heavy atom. The molecule has 0 spiro atoms. The Morgan fingerprint density at radius 3 is 1.00 bits per heavy atom. The van der Waals surface area contributed by atoms with Gasteiger partial charge in [0.05, 0.1) is 9.79 Å². The number of rotatable bonds is 10. The second kappa shape index (κ2) is 10.3. The summed E-state index contributed by atoms with van der Waals surface area (Å²) in [5, 5.41) is -16.6. The van der Waals surface area contributed by atoms with Gasteiger partial charge in [0.15, 0.2) is 0 Å².